The molecule has 0 N–H and O–H groups in total. The summed E-state index contributed by atoms with van der Waals surface area (Å²) in [5.74, 6) is 0. The Balaban J connectivity index is 1.49. The SMILES string of the molecule is [B]c1ccccc1-c1cccc(N(c2ccccc2)c2cccc(-c3ccccc3-c3ccccc3)c2)c1. The molecule has 0 saturated heterocycles. The van der Waals surface area contributed by atoms with Crippen LogP contribution in [-0.2, 0) is 0 Å². The minimum atomic E-state index is 0.774. The fraction of sp³-hybridized carbons (Fsp3) is 0. The molecule has 0 atom stereocenters. The lowest BCUT2D eigenvalue weighted by atomic mass is 9.87. The van der Waals surface area contributed by atoms with Crippen LogP contribution in [0, 0.1) is 0 Å². The third-order valence-corrected chi connectivity index (χ3v) is 6.82. The van der Waals surface area contributed by atoms with Gasteiger partial charge in [0.05, 0.1) is 0 Å². The molecule has 178 valence electrons. The van der Waals surface area contributed by atoms with E-state index in [1.165, 1.54) is 22.3 Å². The van der Waals surface area contributed by atoms with Gasteiger partial charge in [0.25, 0.3) is 0 Å². The molecule has 0 bridgehead atoms. The first-order valence-electron chi connectivity index (χ1n) is 12.8. The molecule has 38 heavy (non-hydrogen) atoms. The van der Waals surface area contributed by atoms with Crippen molar-refractivity contribution in [2.45, 2.75) is 0 Å². The molecule has 0 aliphatic rings. The zero-order chi connectivity index (χ0) is 25.7. The fourth-order valence-corrected chi connectivity index (χ4v) is 5.01. The number of benzene rings is 6. The molecule has 6 rings (SSSR count). The number of hydrogen-bond acceptors (Lipinski definition) is 1. The van der Waals surface area contributed by atoms with Crippen molar-refractivity contribution in [3.8, 4) is 33.4 Å². The summed E-state index contributed by atoms with van der Waals surface area (Å²) in [6.45, 7) is 0. The smallest absolute Gasteiger partial charge is 0.114 e. The second-order valence-corrected chi connectivity index (χ2v) is 9.27. The van der Waals surface area contributed by atoms with Crippen molar-refractivity contribution < 1.29 is 0 Å². The van der Waals surface area contributed by atoms with Crippen LogP contribution in [-0.4, -0.2) is 7.85 Å². The second kappa shape index (κ2) is 10.7. The number of para-hydroxylation sites is 1. The van der Waals surface area contributed by atoms with Crippen molar-refractivity contribution in [3.05, 3.63) is 158 Å². The third kappa shape index (κ3) is 4.77. The van der Waals surface area contributed by atoms with Crippen LogP contribution in [0.25, 0.3) is 33.4 Å². The maximum Gasteiger partial charge on any atom is 0.114 e. The molecule has 2 radical (unpaired) electrons. The Morgan fingerprint density at radius 2 is 0.763 bits per heavy atom. The molecule has 0 saturated carbocycles. The monoisotopic (exact) mass is 483 g/mol. The Hall–Kier alpha value is -4.82. The van der Waals surface area contributed by atoms with E-state index in [-0.39, 0.29) is 0 Å². The molecule has 0 aromatic heterocycles. The normalized spacial score (nSPS) is 10.7. The number of nitrogens with zero attached hydrogens (tertiary/aromatic N) is 1. The van der Waals surface area contributed by atoms with Gasteiger partial charge in [-0.2, -0.15) is 0 Å². The van der Waals surface area contributed by atoms with Crippen LogP contribution in [0.1, 0.15) is 0 Å². The zero-order valence-corrected chi connectivity index (χ0v) is 21.0. The van der Waals surface area contributed by atoms with E-state index in [9.17, 15) is 0 Å². The van der Waals surface area contributed by atoms with E-state index < -0.39 is 0 Å². The minimum absolute atomic E-state index is 0.774. The van der Waals surface area contributed by atoms with Gasteiger partial charge in [-0.3, -0.25) is 0 Å². The van der Waals surface area contributed by atoms with Crippen LogP contribution < -0.4 is 10.4 Å². The molecule has 0 heterocycles. The summed E-state index contributed by atoms with van der Waals surface area (Å²) in [5.41, 5.74) is 11.0. The van der Waals surface area contributed by atoms with Gasteiger partial charge >= 0.3 is 0 Å². The standard InChI is InChI=1S/C36H26BN/c37-36-24-10-9-23-35(36)29-16-12-20-32(26-29)38(30-17-5-2-6-18-30)31-19-11-15-28(25-31)34-22-8-7-21-33(34)27-13-3-1-4-14-27/h1-26H. The first kappa shape index (κ1) is 23.6. The molecular formula is C36H26BN. The van der Waals surface area contributed by atoms with Gasteiger partial charge in [-0.15, -0.1) is 0 Å². The highest BCUT2D eigenvalue weighted by Gasteiger charge is 2.15. The van der Waals surface area contributed by atoms with Gasteiger partial charge in [-0.1, -0.05) is 127 Å². The average Bonchev–Trinajstić information content (AvgIpc) is 2.99. The molecule has 0 amide bonds. The van der Waals surface area contributed by atoms with Gasteiger partial charge in [0.2, 0.25) is 0 Å². The number of hydrogen-bond donors (Lipinski definition) is 0. The lowest BCUT2D eigenvalue weighted by molar-refractivity contribution is 1.28. The average molecular weight is 483 g/mol. The molecular weight excluding hydrogens is 457 g/mol. The number of anilines is 3. The summed E-state index contributed by atoms with van der Waals surface area (Å²) in [6, 6.07) is 55.1. The summed E-state index contributed by atoms with van der Waals surface area (Å²) in [7, 11) is 6.33. The highest BCUT2D eigenvalue weighted by atomic mass is 15.1. The van der Waals surface area contributed by atoms with Crippen molar-refractivity contribution in [2.24, 2.45) is 0 Å². The Bertz CT molecular complexity index is 1680. The van der Waals surface area contributed by atoms with Gasteiger partial charge in [0.15, 0.2) is 0 Å². The van der Waals surface area contributed by atoms with Crippen LogP contribution >= 0.6 is 0 Å². The van der Waals surface area contributed by atoms with Crippen LogP contribution in [0.15, 0.2) is 158 Å². The van der Waals surface area contributed by atoms with E-state index >= 15 is 0 Å². The Morgan fingerprint density at radius 1 is 0.342 bits per heavy atom. The Labute approximate surface area is 226 Å². The topological polar surface area (TPSA) is 3.24 Å². The maximum absolute atomic E-state index is 6.33. The molecule has 1 nitrogen and oxygen atoms in total. The van der Waals surface area contributed by atoms with Gasteiger partial charge in [0, 0.05) is 17.1 Å². The molecule has 0 unspecified atom stereocenters. The summed E-state index contributed by atoms with van der Waals surface area (Å²) in [4.78, 5) is 2.30. The zero-order valence-electron chi connectivity index (χ0n) is 21.0. The molecule has 0 aliphatic heterocycles. The van der Waals surface area contributed by atoms with Crippen LogP contribution in [0.2, 0.25) is 0 Å². The van der Waals surface area contributed by atoms with Crippen molar-refractivity contribution >= 4 is 30.4 Å². The van der Waals surface area contributed by atoms with Crippen LogP contribution in [0.4, 0.5) is 17.1 Å². The molecule has 0 spiro atoms. The number of rotatable bonds is 6. The predicted molar refractivity (Wildman–Crippen MR) is 163 cm³/mol. The van der Waals surface area contributed by atoms with Crippen molar-refractivity contribution in [3.63, 3.8) is 0 Å². The Kier molecular flexibility index (Phi) is 6.61. The van der Waals surface area contributed by atoms with Crippen LogP contribution in [0.5, 0.6) is 0 Å². The van der Waals surface area contributed by atoms with E-state index in [0.717, 1.165) is 33.7 Å². The Morgan fingerprint density at radius 3 is 1.37 bits per heavy atom. The van der Waals surface area contributed by atoms with Gasteiger partial charge in [0.1, 0.15) is 7.85 Å². The lowest BCUT2D eigenvalue weighted by Crippen LogP contribution is -2.11. The fourth-order valence-electron chi connectivity index (χ4n) is 5.01. The molecule has 0 aliphatic carbocycles. The summed E-state index contributed by atoms with van der Waals surface area (Å²) < 4.78 is 0. The van der Waals surface area contributed by atoms with E-state index in [1.54, 1.807) is 0 Å². The van der Waals surface area contributed by atoms with Gasteiger partial charge < -0.3 is 4.90 Å². The van der Waals surface area contributed by atoms with Crippen molar-refractivity contribution in [1.82, 2.24) is 0 Å². The van der Waals surface area contributed by atoms with E-state index in [4.69, 9.17) is 7.85 Å². The van der Waals surface area contributed by atoms with Gasteiger partial charge in [-0.25, -0.2) is 0 Å². The highest BCUT2D eigenvalue weighted by Crippen LogP contribution is 2.39. The first-order chi connectivity index (χ1) is 18.8. The quantitative estimate of drug-likeness (QED) is 0.214. The first-order valence-corrected chi connectivity index (χ1v) is 12.8. The lowest BCUT2D eigenvalue weighted by Gasteiger charge is -2.27. The summed E-state index contributed by atoms with van der Waals surface area (Å²) in [6.07, 6.45) is 0. The van der Waals surface area contributed by atoms with E-state index in [0.29, 0.717) is 0 Å². The minimum Gasteiger partial charge on any atom is -0.310 e. The molecule has 6 aromatic carbocycles. The summed E-state index contributed by atoms with van der Waals surface area (Å²) in [5, 5.41) is 0. The predicted octanol–water partition coefficient (Wildman–Crippen LogP) is 8.95. The second-order valence-electron chi connectivity index (χ2n) is 9.27. The van der Waals surface area contributed by atoms with Crippen LogP contribution in [0.3, 0.4) is 0 Å². The molecule has 2 heteroatoms. The largest absolute Gasteiger partial charge is 0.310 e. The summed E-state index contributed by atoms with van der Waals surface area (Å²) >= 11 is 0. The van der Waals surface area contributed by atoms with E-state index in [2.05, 4.69) is 144 Å². The van der Waals surface area contributed by atoms with E-state index in [1.807, 2.05) is 18.2 Å². The molecule has 6 aromatic rings. The molecule has 0 fully saturated rings. The van der Waals surface area contributed by atoms with Gasteiger partial charge in [-0.05, 0) is 69.8 Å². The highest BCUT2D eigenvalue weighted by molar-refractivity contribution is 6.35. The third-order valence-electron chi connectivity index (χ3n) is 6.82. The van der Waals surface area contributed by atoms with Crippen molar-refractivity contribution in [1.29, 1.82) is 0 Å². The van der Waals surface area contributed by atoms with Crippen molar-refractivity contribution in [2.75, 3.05) is 4.90 Å². The maximum atomic E-state index is 6.33.